The number of rotatable bonds is 5. The maximum absolute atomic E-state index is 13.9. The Morgan fingerprint density at radius 3 is 2.47 bits per heavy atom. The molecule has 2 aliphatic rings. The number of nitrogens with zero attached hydrogens (tertiary/aromatic N) is 4. The van der Waals surface area contributed by atoms with Gasteiger partial charge in [-0.3, -0.25) is 9.59 Å². The minimum absolute atomic E-state index is 0.0256. The standard InChI is InChI=1S/C25H28FN5O3/c1-34-23-6-2-16(12-20(23)26)3-7-24(32)30-10-8-18-14-31(15-19(18)9-11-30)25(33)17-4-5-21-22(13-17)28-29-27-21/h2,4-6,12-13,18-19H,3,7-11,14-15H2,1H3,(H,27,28,29)/t18-,19?/m1/s1. The molecule has 0 bridgehead atoms. The molecule has 1 aromatic heterocycles. The summed E-state index contributed by atoms with van der Waals surface area (Å²) in [6.45, 7) is 2.83. The molecule has 2 saturated heterocycles. The average molecular weight is 466 g/mol. The first-order chi connectivity index (χ1) is 16.5. The van der Waals surface area contributed by atoms with Gasteiger partial charge >= 0.3 is 0 Å². The van der Waals surface area contributed by atoms with E-state index in [0.29, 0.717) is 61.9 Å². The summed E-state index contributed by atoms with van der Waals surface area (Å²) in [5.41, 5.74) is 2.84. The quantitative estimate of drug-likeness (QED) is 0.625. The van der Waals surface area contributed by atoms with Crippen LogP contribution in [0.5, 0.6) is 5.75 Å². The highest BCUT2D eigenvalue weighted by molar-refractivity contribution is 5.97. The van der Waals surface area contributed by atoms with E-state index in [2.05, 4.69) is 15.4 Å². The first-order valence-corrected chi connectivity index (χ1v) is 11.7. The van der Waals surface area contributed by atoms with Gasteiger partial charge < -0.3 is 14.5 Å². The monoisotopic (exact) mass is 465 g/mol. The van der Waals surface area contributed by atoms with E-state index in [-0.39, 0.29) is 17.6 Å². The van der Waals surface area contributed by atoms with Gasteiger partial charge in [0.15, 0.2) is 11.6 Å². The number of aromatic nitrogens is 3. The van der Waals surface area contributed by atoms with Gasteiger partial charge in [-0.05, 0) is 67.0 Å². The Kier molecular flexibility index (Phi) is 6.17. The van der Waals surface area contributed by atoms with Gasteiger partial charge in [-0.25, -0.2) is 4.39 Å². The van der Waals surface area contributed by atoms with Crippen molar-refractivity contribution in [1.29, 1.82) is 0 Å². The molecule has 0 aliphatic carbocycles. The molecule has 2 fully saturated rings. The fourth-order valence-corrected chi connectivity index (χ4v) is 5.19. The molecule has 2 aromatic carbocycles. The molecule has 2 amide bonds. The number of ether oxygens (including phenoxy) is 1. The lowest BCUT2D eigenvalue weighted by Gasteiger charge is -2.22. The fraction of sp³-hybridized carbons (Fsp3) is 0.440. The van der Waals surface area contributed by atoms with Crippen LogP contribution in [-0.2, 0) is 11.2 Å². The van der Waals surface area contributed by atoms with Crippen LogP contribution in [0.15, 0.2) is 36.4 Å². The van der Waals surface area contributed by atoms with Crippen LogP contribution in [0.4, 0.5) is 4.39 Å². The molecule has 3 aromatic rings. The van der Waals surface area contributed by atoms with Crippen molar-refractivity contribution in [3.05, 3.63) is 53.3 Å². The molecular formula is C25H28FN5O3. The Morgan fingerprint density at radius 1 is 1.03 bits per heavy atom. The predicted octanol–water partition coefficient (Wildman–Crippen LogP) is 3.05. The van der Waals surface area contributed by atoms with Gasteiger partial charge in [0.1, 0.15) is 11.0 Å². The molecule has 5 rings (SSSR count). The Labute approximate surface area is 197 Å². The molecule has 0 saturated carbocycles. The molecule has 1 N–H and O–H groups in total. The molecule has 8 nitrogen and oxygen atoms in total. The summed E-state index contributed by atoms with van der Waals surface area (Å²) < 4.78 is 18.9. The number of likely N-dealkylation sites (tertiary alicyclic amines) is 2. The van der Waals surface area contributed by atoms with E-state index >= 15 is 0 Å². The number of aromatic amines is 1. The van der Waals surface area contributed by atoms with Crippen molar-refractivity contribution in [2.75, 3.05) is 33.3 Å². The maximum Gasteiger partial charge on any atom is 0.253 e. The van der Waals surface area contributed by atoms with Crippen molar-refractivity contribution in [3.8, 4) is 5.75 Å². The number of hydrogen-bond donors (Lipinski definition) is 1. The summed E-state index contributed by atoms with van der Waals surface area (Å²) in [6, 6.07) is 10.2. The van der Waals surface area contributed by atoms with Crippen molar-refractivity contribution in [2.24, 2.45) is 11.8 Å². The number of amides is 2. The molecule has 9 heteroatoms. The number of benzene rings is 2. The summed E-state index contributed by atoms with van der Waals surface area (Å²) in [6.07, 6.45) is 2.64. The second-order valence-corrected chi connectivity index (χ2v) is 9.18. The summed E-state index contributed by atoms with van der Waals surface area (Å²) >= 11 is 0. The Morgan fingerprint density at radius 2 is 1.76 bits per heavy atom. The number of halogens is 1. The molecule has 2 atom stereocenters. The van der Waals surface area contributed by atoms with Crippen LogP contribution in [-0.4, -0.2) is 70.3 Å². The van der Waals surface area contributed by atoms with E-state index in [1.165, 1.54) is 13.2 Å². The second kappa shape index (κ2) is 9.40. The highest BCUT2D eigenvalue weighted by Crippen LogP contribution is 2.33. The van der Waals surface area contributed by atoms with Crippen LogP contribution in [0, 0.1) is 17.7 Å². The topological polar surface area (TPSA) is 91.4 Å². The molecule has 3 heterocycles. The van der Waals surface area contributed by atoms with E-state index in [1.807, 2.05) is 15.9 Å². The summed E-state index contributed by atoms with van der Waals surface area (Å²) in [7, 11) is 1.43. The lowest BCUT2D eigenvalue weighted by atomic mass is 9.92. The molecule has 0 spiro atoms. The molecule has 34 heavy (non-hydrogen) atoms. The molecular weight excluding hydrogens is 437 g/mol. The van der Waals surface area contributed by atoms with E-state index < -0.39 is 5.82 Å². The summed E-state index contributed by atoms with van der Waals surface area (Å²) in [5, 5.41) is 10.7. The second-order valence-electron chi connectivity index (χ2n) is 9.18. The highest BCUT2D eigenvalue weighted by atomic mass is 19.1. The first kappa shape index (κ1) is 22.3. The predicted molar refractivity (Wildman–Crippen MR) is 124 cm³/mol. The number of H-pyrrole nitrogens is 1. The van der Waals surface area contributed by atoms with E-state index in [1.54, 1.807) is 24.3 Å². The summed E-state index contributed by atoms with van der Waals surface area (Å²) in [4.78, 5) is 29.8. The van der Waals surface area contributed by atoms with Crippen LogP contribution in [0.1, 0.15) is 35.2 Å². The Hall–Kier alpha value is -3.49. The highest BCUT2D eigenvalue weighted by Gasteiger charge is 2.37. The number of aryl methyl sites for hydroxylation is 1. The number of carbonyl (C=O) groups excluding carboxylic acids is 2. The molecule has 1 unspecified atom stereocenters. The third kappa shape index (κ3) is 4.47. The zero-order valence-electron chi connectivity index (χ0n) is 19.2. The minimum atomic E-state index is -0.407. The van der Waals surface area contributed by atoms with Crippen molar-refractivity contribution < 1.29 is 18.7 Å². The van der Waals surface area contributed by atoms with Gasteiger partial charge in [-0.15, -0.1) is 0 Å². The lowest BCUT2D eigenvalue weighted by molar-refractivity contribution is -0.131. The largest absolute Gasteiger partial charge is 0.494 e. The van der Waals surface area contributed by atoms with Gasteiger partial charge in [0.25, 0.3) is 5.91 Å². The number of fused-ring (bicyclic) bond motifs is 2. The van der Waals surface area contributed by atoms with Crippen LogP contribution in [0.25, 0.3) is 11.0 Å². The SMILES string of the molecule is COc1ccc(CCC(=O)N2CCC3CN(C(=O)c4ccc5n[nH]nc5c4)C[C@H]3CC2)cc1F. The van der Waals surface area contributed by atoms with E-state index in [4.69, 9.17) is 4.74 Å². The van der Waals surface area contributed by atoms with Gasteiger partial charge in [0.2, 0.25) is 5.91 Å². The summed E-state index contributed by atoms with van der Waals surface area (Å²) in [5.74, 6) is 0.722. The molecule has 2 aliphatic heterocycles. The normalized spacial score (nSPS) is 20.3. The van der Waals surface area contributed by atoms with Crippen LogP contribution in [0.2, 0.25) is 0 Å². The zero-order valence-corrected chi connectivity index (χ0v) is 19.2. The maximum atomic E-state index is 13.9. The van der Waals surface area contributed by atoms with Crippen molar-refractivity contribution in [3.63, 3.8) is 0 Å². The van der Waals surface area contributed by atoms with Crippen molar-refractivity contribution in [1.82, 2.24) is 25.2 Å². The van der Waals surface area contributed by atoms with Gasteiger partial charge in [-0.1, -0.05) is 6.07 Å². The molecule has 0 radical (unpaired) electrons. The number of hydrogen-bond acceptors (Lipinski definition) is 5. The number of carbonyl (C=O) groups is 2. The van der Waals surface area contributed by atoms with Crippen molar-refractivity contribution in [2.45, 2.75) is 25.7 Å². The van der Waals surface area contributed by atoms with Crippen LogP contribution < -0.4 is 4.74 Å². The van der Waals surface area contributed by atoms with E-state index in [0.717, 1.165) is 23.9 Å². The third-order valence-electron chi connectivity index (χ3n) is 7.16. The number of nitrogens with one attached hydrogen (secondary N) is 1. The van der Waals surface area contributed by atoms with Crippen molar-refractivity contribution >= 4 is 22.8 Å². The number of methoxy groups -OCH3 is 1. The zero-order chi connectivity index (χ0) is 23.7. The Bertz CT molecular complexity index is 1200. The smallest absolute Gasteiger partial charge is 0.253 e. The van der Waals surface area contributed by atoms with Crippen LogP contribution in [0.3, 0.4) is 0 Å². The minimum Gasteiger partial charge on any atom is -0.494 e. The average Bonchev–Trinajstić information content (AvgIpc) is 3.44. The van der Waals surface area contributed by atoms with Crippen LogP contribution >= 0.6 is 0 Å². The third-order valence-corrected chi connectivity index (χ3v) is 7.16. The van der Waals surface area contributed by atoms with E-state index in [9.17, 15) is 14.0 Å². The van der Waals surface area contributed by atoms with Gasteiger partial charge in [-0.2, -0.15) is 15.4 Å². The van der Waals surface area contributed by atoms with Gasteiger partial charge in [0.05, 0.1) is 7.11 Å². The lowest BCUT2D eigenvalue weighted by Crippen LogP contribution is -2.34. The first-order valence-electron chi connectivity index (χ1n) is 11.7. The van der Waals surface area contributed by atoms with Gasteiger partial charge in [0, 0.05) is 38.2 Å². The Balaban J connectivity index is 1.14. The fourth-order valence-electron chi connectivity index (χ4n) is 5.19. The molecule has 178 valence electrons.